The maximum atomic E-state index is 10.3. The van der Waals surface area contributed by atoms with Gasteiger partial charge in [0, 0.05) is 25.2 Å². The third kappa shape index (κ3) is 5.70. The van der Waals surface area contributed by atoms with Crippen molar-refractivity contribution >= 4 is 11.9 Å². The molecule has 2 N–H and O–H groups in total. The number of rotatable bonds is 7. The molecule has 94 valence electrons. The van der Waals surface area contributed by atoms with Crippen LogP contribution in [0.4, 0.5) is 5.95 Å². The van der Waals surface area contributed by atoms with E-state index in [4.69, 9.17) is 9.84 Å². The van der Waals surface area contributed by atoms with E-state index in [9.17, 15) is 4.79 Å². The first-order valence-electron chi connectivity index (χ1n) is 5.53. The van der Waals surface area contributed by atoms with E-state index >= 15 is 0 Å². The van der Waals surface area contributed by atoms with E-state index in [-0.39, 0.29) is 12.5 Å². The Bertz CT molecular complexity index is 369. The van der Waals surface area contributed by atoms with Gasteiger partial charge in [-0.15, -0.1) is 0 Å². The van der Waals surface area contributed by atoms with Crippen LogP contribution in [0.15, 0.2) is 12.3 Å². The average Bonchev–Trinajstić information content (AvgIpc) is 2.24. The van der Waals surface area contributed by atoms with Gasteiger partial charge in [-0.1, -0.05) is 0 Å². The van der Waals surface area contributed by atoms with Gasteiger partial charge < -0.3 is 15.2 Å². The number of carboxylic acid groups (broad SMARTS) is 1. The van der Waals surface area contributed by atoms with Crippen LogP contribution >= 0.6 is 0 Å². The molecule has 1 aromatic rings. The number of nitrogens with zero attached hydrogens (tertiary/aromatic N) is 2. The zero-order valence-electron chi connectivity index (χ0n) is 10.0. The fourth-order valence-corrected chi connectivity index (χ4v) is 1.17. The second kappa shape index (κ2) is 6.67. The fraction of sp³-hybridized carbons (Fsp3) is 0.545. The predicted octanol–water partition coefficient (Wildman–Crippen LogP) is 1.54. The summed E-state index contributed by atoms with van der Waals surface area (Å²) in [7, 11) is 0. The van der Waals surface area contributed by atoms with Gasteiger partial charge in [-0.2, -0.15) is 4.98 Å². The first-order chi connectivity index (χ1) is 8.08. The van der Waals surface area contributed by atoms with Crippen LogP contribution in [0.5, 0.6) is 5.88 Å². The molecule has 6 heteroatoms. The molecule has 0 aliphatic carbocycles. The van der Waals surface area contributed by atoms with E-state index in [1.54, 1.807) is 12.3 Å². The standard InChI is InChI=1S/C11H17N3O3/c1-8(2)17-9-5-7-13-11(14-9)12-6-3-4-10(15)16/h5,7-8H,3-4,6H2,1-2H3,(H,15,16)(H,12,13,14). The highest BCUT2D eigenvalue weighted by atomic mass is 16.5. The lowest BCUT2D eigenvalue weighted by molar-refractivity contribution is -0.137. The number of hydrogen-bond acceptors (Lipinski definition) is 5. The molecule has 0 unspecified atom stereocenters. The second-order valence-corrected chi connectivity index (χ2v) is 3.81. The van der Waals surface area contributed by atoms with Crippen LogP contribution in [0.3, 0.4) is 0 Å². The maximum Gasteiger partial charge on any atom is 0.303 e. The van der Waals surface area contributed by atoms with Crippen LogP contribution in [0, 0.1) is 0 Å². The van der Waals surface area contributed by atoms with Gasteiger partial charge in [0.05, 0.1) is 6.10 Å². The molecular formula is C11H17N3O3. The van der Waals surface area contributed by atoms with Crippen molar-refractivity contribution in [2.45, 2.75) is 32.8 Å². The van der Waals surface area contributed by atoms with E-state index in [1.807, 2.05) is 13.8 Å². The van der Waals surface area contributed by atoms with Crippen LogP contribution in [0.2, 0.25) is 0 Å². The summed E-state index contributed by atoms with van der Waals surface area (Å²) in [5.41, 5.74) is 0. The van der Waals surface area contributed by atoms with Gasteiger partial charge >= 0.3 is 5.97 Å². The smallest absolute Gasteiger partial charge is 0.303 e. The van der Waals surface area contributed by atoms with Gasteiger partial charge in [-0.05, 0) is 20.3 Å². The van der Waals surface area contributed by atoms with E-state index in [0.717, 1.165) is 0 Å². The molecule has 0 amide bonds. The van der Waals surface area contributed by atoms with Crippen molar-refractivity contribution in [3.05, 3.63) is 12.3 Å². The number of ether oxygens (including phenoxy) is 1. The summed E-state index contributed by atoms with van der Waals surface area (Å²) in [5, 5.41) is 11.4. The molecule has 1 rings (SSSR count). The summed E-state index contributed by atoms with van der Waals surface area (Å²) < 4.78 is 5.41. The summed E-state index contributed by atoms with van der Waals surface area (Å²) in [4.78, 5) is 18.5. The lowest BCUT2D eigenvalue weighted by Gasteiger charge is -2.09. The molecule has 6 nitrogen and oxygen atoms in total. The minimum Gasteiger partial charge on any atom is -0.481 e. The number of aromatic nitrogens is 2. The van der Waals surface area contributed by atoms with Crippen molar-refractivity contribution in [1.82, 2.24) is 9.97 Å². The maximum absolute atomic E-state index is 10.3. The molecule has 0 aliphatic rings. The molecule has 0 radical (unpaired) electrons. The van der Waals surface area contributed by atoms with Crippen molar-refractivity contribution in [3.8, 4) is 5.88 Å². The quantitative estimate of drug-likeness (QED) is 0.702. The summed E-state index contributed by atoms with van der Waals surface area (Å²) in [5.74, 6) is 0.161. The van der Waals surface area contributed by atoms with Gasteiger partial charge in [0.1, 0.15) is 0 Å². The van der Waals surface area contributed by atoms with Crippen LogP contribution < -0.4 is 10.1 Å². The molecule has 1 heterocycles. The number of carbonyl (C=O) groups is 1. The average molecular weight is 239 g/mol. The van der Waals surface area contributed by atoms with Gasteiger partial charge in [-0.3, -0.25) is 4.79 Å². The Morgan fingerprint density at radius 3 is 3.00 bits per heavy atom. The summed E-state index contributed by atoms with van der Waals surface area (Å²) in [6.07, 6.45) is 2.33. The molecule has 0 fully saturated rings. The second-order valence-electron chi connectivity index (χ2n) is 3.81. The van der Waals surface area contributed by atoms with Gasteiger partial charge in [0.25, 0.3) is 0 Å². The third-order valence-electron chi connectivity index (χ3n) is 1.84. The highest BCUT2D eigenvalue weighted by molar-refractivity contribution is 5.66. The Morgan fingerprint density at radius 2 is 2.35 bits per heavy atom. The predicted molar refractivity (Wildman–Crippen MR) is 63.2 cm³/mol. The highest BCUT2D eigenvalue weighted by Crippen LogP contribution is 2.10. The van der Waals surface area contributed by atoms with Crippen molar-refractivity contribution in [2.75, 3.05) is 11.9 Å². The van der Waals surface area contributed by atoms with E-state index in [0.29, 0.717) is 24.8 Å². The first-order valence-corrected chi connectivity index (χ1v) is 5.53. The van der Waals surface area contributed by atoms with E-state index < -0.39 is 5.97 Å². The van der Waals surface area contributed by atoms with Gasteiger partial charge in [0.2, 0.25) is 11.8 Å². The molecule has 0 atom stereocenters. The summed E-state index contributed by atoms with van der Waals surface area (Å²) >= 11 is 0. The molecule has 0 spiro atoms. The Labute approximate surface area is 100 Å². The molecule has 0 aliphatic heterocycles. The van der Waals surface area contributed by atoms with Crippen molar-refractivity contribution in [2.24, 2.45) is 0 Å². The minimum atomic E-state index is -0.801. The fourth-order valence-electron chi connectivity index (χ4n) is 1.17. The topological polar surface area (TPSA) is 84.3 Å². The minimum absolute atomic E-state index is 0.0600. The largest absolute Gasteiger partial charge is 0.481 e. The van der Waals surface area contributed by atoms with Gasteiger partial charge in [0.15, 0.2) is 0 Å². The Hall–Kier alpha value is -1.85. The monoisotopic (exact) mass is 239 g/mol. The molecule has 0 saturated carbocycles. The Kier molecular flexibility index (Phi) is 5.19. The molecule has 17 heavy (non-hydrogen) atoms. The van der Waals surface area contributed by atoms with Crippen LogP contribution in [0.25, 0.3) is 0 Å². The van der Waals surface area contributed by atoms with Crippen molar-refractivity contribution in [3.63, 3.8) is 0 Å². The normalized spacial score (nSPS) is 10.3. The highest BCUT2D eigenvalue weighted by Gasteiger charge is 2.02. The number of anilines is 1. The molecule has 0 bridgehead atoms. The molecule has 1 aromatic heterocycles. The Morgan fingerprint density at radius 1 is 1.59 bits per heavy atom. The number of aliphatic carboxylic acids is 1. The lowest BCUT2D eigenvalue weighted by Crippen LogP contribution is -2.10. The van der Waals surface area contributed by atoms with Gasteiger partial charge in [-0.25, -0.2) is 4.98 Å². The van der Waals surface area contributed by atoms with Crippen molar-refractivity contribution in [1.29, 1.82) is 0 Å². The van der Waals surface area contributed by atoms with Crippen LogP contribution in [-0.4, -0.2) is 33.7 Å². The van der Waals surface area contributed by atoms with Crippen LogP contribution in [0.1, 0.15) is 26.7 Å². The SMILES string of the molecule is CC(C)Oc1ccnc(NCCCC(=O)O)n1. The number of carboxylic acids is 1. The van der Waals surface area contributed by atoms with E-state index in [1.165, 1.54) is 0 Å². The lowest BCUT2D eigenvalue weighted by atomic mass is 10.3. The molecular weight excluding hydrogens is 222 g/mol. The molecule has 0 aromatic carbocycles. The number of hydrogen-bond donors (Lipinski definition) is 2. The zero-order chi connectivity index (χ0) is 12.7. The van der Waals surface area contributed by atoms with E-state index in [2.05, 4.69) is 15.3 Å². The number of nitrogens with one attached hydrogen (secondary N) is 1. The summed E-state index contributed by atoms with van der Waals surface area (Å²) in [6.45, 7) is 4.36. The Balaban J connectivity index is 2.40. The summed E-state index contributed by atoms with van der Waals surface area (Å²) in [6, 6.07) is 1.68. The third-order valence-corrected chi connectivity index (χ3v) is 1.84. The van der Waals surface area contributed by atoms with Crippen molar-refractivity contribution < 1.29 is 14.6 Å². The van der Waals surface area contributed by atoms with Crippen LogP contribution in [-0.2, 0) is 4.79 Å². The zero-order valence-corrected chi connectivity index (χ0v) is 10.0. The molecule has 0 saturated heterocycles. The first kappa shape index (κ1) is 13.2.